The Bertz CT molecular complexity index is 221. The maximum atomic E-state index is 5.63. The molecule has 0 aromatic carbocycles. The van der Waals surface area contributed by atoms with Crippen LogP contribution in [-0.2, 0) is 4.74 Å². The lowest BCUT2D eigenvalue weighted by molar-refractivity contribution is 0.111. The summed E-state index contributed by atoms with van der Waals surface area (Å²) in [5.41, 5.74) is 1.71. The van der Waals surface area contributed by atoms with Gasteiger partial charge in [0.2, 0.25) is 0 Å². The minimum atomic E-state index is 0.232. The van der Waals surface area contributed by atoms with Crippen LogP contribution in [0.3, 0.4) is 0 Å². The van der Waals surface area contributed by atoms with E-state index in [1.165, 1.54) is 18.4 Å². The summed E-state index contributed by atoms with van der Waals surface area (Å²) in [6.45, 7) is 10.9. The second kappa shape index (κ2) is 6.41. The second-order valence-corrected chi connectivity index (χ2v) is 5.86. The van der Waals surface area contributed by atoms with E-state index >= 15 is 0 Å². The molecule has 1 saturated heterocycles. The molecular weight excluding hydrogens is 198 g/mol. The van der Waals surface area contributed by atoms with Crippen LogP contribution >= 0.6 is 0 Å². The average Bonchev–Trinajstić information content (AvgIpc) is 2.63. The van der Waals surface area contributed by atoms with Gasteiger partial charge in [0, 0.05) is 12.1 Å². The van der Waals surface area contributed by atoms with Gasteiger partial charge in [0.1, 0.15) is 0 Å². The van der Waals surface area contributed by atoms with Crippen LogP contribution in [0.25, 0.3) is 0 Å². The quantitative estimate of drug-likeness (QED) is 0.572. The Kier molecular flexibility index (Phi) is 5.50. The van der Waals surface area contributed by atoms with Gasteiger partial charge in [0.15, 0.2) is 0 Å². The molecule has 0 aromatic rings. The van der Waals surface area contributed by atoms with Gasteiger partial charge in [-0.25, -0.2) is 0 Å². The fraction of sp³-hybridized carbons (Fsp3) is 0.857. The zero-order chi connectivity index (χ0) is 12.0. The van der Waals surface area contributed by atoms with E-state index in [4.69, 9.17) is 4.74 Å². The van der Waals surface area contributed by atoms with Crippen molar-refractivity contribution in [1.82, 2.24) is 5.32 Å². The molecule has 0 bridgehead atoms. The lowest BCUT2D eigenvalue weighted by Crippen LogP contribution is -2.36. The van der Waals surface area contributed by atoms with E-state index < -0.39 is 0 Å². The van der Waals surface area contributed by atoms with E-state index in [-0.39, 0.29) is 5.54 Å². The topological polar surface area (TPSA) is 21.3 Å². The smallest absolute Gasteiger partial charge is 0.0612 e. The molecule has 0 aliphatic carbocycles. The number of hydrogen-bond acceptors (Lipinski definition) is 2. The summed E-state index contributed by atoms with van der Waals surface area (Å²) < 4.78 is 5.63. The van der Waals surface area contributed by atoms with Crippen molar-refractivity contribution in [3.8, 4) is 0 Å². The summed E-state index contributed by atoms with van der Waals surface area (Å²) in [4.78, 5) is 0. The van der Waals surface area contributed by atoms with Gasteiger partial charge in [-0.1, -0.05) is 11.6 Å². The summed E-state index contributed by atoms with van der Waals surface area (Å²) in [7, 11) is 0. The summed E-state index contributed by atoms with van der Waals surface area (Å²) >= 11 is 0. The lowest BCUT2D eigenvalue weighted by atomic mass is 10.1. The van der Waals surface area contributed by atoms with Crippen molar-refractivity contribution in [2.45, 2.75) is 65.0 Å². The zero-order valence-electron chi connectivity index (χ0n) is 11.3. The molecule has 1 aliphatic heterocycles. The molecule has 1 heterocycles. The highest BCUT2D eigenvalue weighted by atomic mass is 16.5. The molecule has 1 unspecified atom stereocenters. The van der Waals surface area contributed by atoms with E-state index in [0.717, 1.165) is 26.0 Å². The number of nitrogens with one attached hydrogen (secondary N) is 1. The fourth-order valence-electron chi connectivity index (χ4n) is 2.01. The van der Waals surface area contributed by atoms with E-state index in [0.29, 0.717) is 6.10 Å². The third kappa shape index (κ3) is 6.29. The van der Waals surface area contributed by atoms with Crippen molar-refractivity contribution in [1.29, 1.82) is 0 Å². The van der Waals surface area contributed by atoms with Gasteiger partial charge in [0.05, 0.1) is 6.10 Å². The van der Waals surface area contributed by atoms with Crippen LogP contribution in [0.15, 0.2) is 11.6 Å². The highest BCUT2D eigenvalue weighted by Gasteiger charge is 2.15. The van der Waals surface area contributed by atoms with Crippen molar-refractivity contribution in [3.63, 3.8) is 0 Å². The third-order valence-corrected chi connectivity index (χ3v) is 2.87. The third-order valence-electron chi connectivity index (χ3n) is 2.87. The number of rotatable bonds is 5. The highest BCUT2D eigenvalue weighted by molar-refractivity contribution is 5.00. The molecule has 16 heavy (non-hydrogen) atoms. The SMILES string of the molecule is CC(=CCCNC(C)(C)C)CC1CCCO1. The normalized spacial score (nSPS) is 22.8. The molecule has 0 saturated carbocycles. The Labute approximate surface area is 100 Å². The molecule has 0 spiro atoms. The molecule has 1 atom stereocenters. The van der Waals surface area contributed by atoms with Crippen molar-refractivity contribution in [3.05, 3.63) is 11.6 Å². The van der Waals surface area contributed by atoms with Gasteiger partial charge in [-0.2, -0.15) is 0 Å². The monoisotopic (exact) mass is 225 g/mol. The molecule has 1 aliphatic rings. The summed E-state index contributed by atoms with van der Waals surface area (Å²) in [6.07, 6.45) is 7.56. The van der Waals surface area contributed by atoms with Gasteiger partial charge >= 0.3 is 0 Å². The molecule has 2 nitrogen and oxygen atoms in total. The first-order chi connectivity index (χ1) is 7.47. The number of hydrogen-bond donors (Lipinski definition) is 1. The van der Waals surface area contributed by atoms with Gasteiger partial charge in [0.25, 0.3) is 0 Å². The van der Waals surface area contributed by atoms with Gasteiger partial charge < -0.3 is 10.1 Å². The van der Waals surface area contributed by atoms with Crippen molar-refractivity contribution in [2.75, 3.05) is 13.2 Å². The Balaban J connectivity index is 2.13. The van der Waals surface area contributed by atoms with Gasteiger partial charge in [-0.05, 0) is 59.9 Å². The first kappa shape index (κ1) is 13.7. The van der Waals surface area contributed by atoms with Crippen LogP contribution in [-0.4, -0.2) is 24.8 Å². The van der Waals surface area contributed by atoms with Crippen LogP contribution in [0.2, 0.25) is 0 Å². The minimum Gasteiger partial charge on any atom is -0.378 e. The summed E-state index contributed by atoms with van der Waals surface area (Å²) in [5.74, 6) is 0. The Morgan fingerprint density at radius 1 is 1.44 bits per heavy atom. The van der Waals surface area contributed by atoms with Crippen LogP contribution in [0.4, 0.5) is 0 Å². The van der Waals surface area contributed by atoms with Crippen molar-refractivity contribution in [2.24, 2.45) is 0 Å². The predicted molar refractivity (Wildman–Crippen MR) is 69.7 cm³/mol. The van der Waals surface area contributed by atoms with E-state index in [1.807, 2.05) is 0 Å². The lowest BCUT2D eigenvalue weighted by Gasteiger charge is -2.20. The molecule has 1 N–H and O–H groups in total. The molecule has 1 fully saturated rings. The van der Waals surface area contributed by atoms with E-state index in [2.05, 4.69) is 39.1 Å². The first-order valence-electron chi connectivity index (χ1n) is 6.49. The predicted octanol–water partition coefficient (Wildman–Crippen LogP) is 3.28. The largest absolute Gasteiger partial charge is 0.378 e. The van der Waals surface area contributed by atoms with Gasteiger partial charge in [-0.3, -0.25) is 0 Å². The standard InChI is InChI=1S/C14H27NO/c1-12(11-13-8-6-10-16-13)7-5-9-15-14(2,3)4/h7,13,15H,5-6,8-11H2,1-4H3. The molecule has 94 valence electrons. The Morgan fingerprint density at radius 3 is 2.75 bits per heavy atom. The number of ether oxygens (including phenoxy) is 1. The maximum absolute atomic E-state index is 5.63. The van der Waals surface area contributed by atoms with Crippen LogP contribution < -0.4 is 5.32 Å². The fourth-order valence-corrected chi connectivity index (χ4v) is 2.01. The van der Waals surface area contributed by atoms with E-state index in [9.17, 15) is 0 Å². The molecule has 1 rings (SSSR count). The van der Waals surface area contributed by atoms with E-state index in [1.54, 1.807) is 0 Å². The molecule has 2 heteroatoms. The maximum Gasteiger partial charge on any atom is 0.0612 e. The summed E-state index contributed by atoms with van der Waals surface area (Å²) in [6, 6.07) is 0. The van der Waals surface area contributed by atoms with Crippen LogP contribution in [0.5, 0.6) is 0 Å². The van der Waals surface area contributed by atoms with Crippen LogP contribution in [0.1, 0.15) is 53.4 Å². The molecule has 0 radical (unpaired) electrons. The first-order valence-corrected chi connectivity index (χ1v) is 6.49. The highest BCUT2D eigenvalue weighted by Crippen LogP contribution is 2.19. The minimum absolute atomic E-state index is 0.232. The van der Waals surface area contributed by atoms with Crippen molar-refractivity contribution < 1.29 is 4.74 Å². The van der Waals surface area contributed by atoms with Gasteiger partial charge in [-0.15, -0.1) is 0 Å². The molecule has 0 aromatic heterocycles. The average molecular weight is 225 g/mol. The molecular formula is C14H27NO. The Morgan fingerprint density at radius 2 is 2.19 bits per heavy atom. The Hall–Kier alpha value is -0.340. The zero-order valence-corrected chi connectivity index (χ0v) is 11.3. The molecule has 0 amide bonds. The summed E-state index contributed by atoms with van der Waals surface area (Å²) in [5, 5.41) is 3.50. The van der Waals surface area contributed by atoms with Crippen molar-refractivity contribution >= 4 is 0 Å². The second-order valence-electron chi connectivity index (χ2n) is 5.86. The van der Waals surface area contributed by atoms with Crippen LogP contribution in [0, 0.1) is 0 Å².